The van der Waals surface area contributed by atoms with Crippen LogP contribution in [0.2, 0.25) is 0 Å². The van der Waals surface area contributed by atoms with Crippen LogP contribution in [0.15, 0.2) is 53.9 Å². The molecule has 0 fully saturated rings. The van der Waals surface area contributed by atoms with E-state index in [0.29, 0.717) is 11.3 Å². The first-order valence-corrected chi connectivity index (χ1v) is 12.1. The number of nitro groups is 1. The van der Waals surface area contributed by atoms with Crippen molar-refractivity contribution < 1.29 is 27.7 Å². The van der Waals surface area contributed by atoms with E-state index in [9.17, 15) is 28.1 Å². The van der Waals surface area contributed by atoms with Gasteiger partial charge in [0.2, 0.25) is 10.0 Å². The summed E-state index contributed by atoms with van der Waals surface area (Å²) in [5.74, 6) is -1.54. The Morgan fingerprint density at radius 2 is 1.91 bits per heavy atom. The van der Waals surface area contributed by atoms with Gasteiger partial charge in [-0.25, -0.2) is 18.2 Å². The molecule has 1 aromatic heterocycles. The van der Waals surface area contributed by atoms with Crippen molar-refractivity contribution in [1.82, 2.24) is 4.98 Å². The number of anilines is 2. The quantitative estimate of drug-likeness (QED) is 0.277. The van der Waals surface area contributed by atoms with Gasteiger partial charge in [-0.1, -0.05) is 24.3 Å². The number of thiazole rings is 1. The number of benzene rings is 2. The molecule has 1 amide bonds. The van der Waals surface area contributed by atoms with Crippen molar-refractivity contribution in [3.05, 3.63) is 69.6 Å². The van der Waals surface area contributed by atoms with Crippen LogP contribution in [0.5, 0.6) is 0 Å². The van der Waals surface area contributed by atoms with Gasteiger partial charge in [-0.15, -0.1) is 11.3 Å². The number of aromatic nitrogens is 1. The zero-order valence-corrected chi connectivity index (χ0v) is 19.0. The summed E-state index contributed by atoms with van der Waals surface area (Å²) in [4.78, 5) is 39.6. The van der Waals surface area contributed by atoms with Crippen LogP contribution >= 0.6 is 11.3 Å². The average molecular weight is 491 g/mol. The molecule has 2 aromatic carbocycles. The van der Waals surface area contributed by atoms with E-state index in [1.807, 2.05) is 0 Å². The second kappa shape index (κ2) is 9.75. The molecule has 0 bridgehead atoms. The average Bonchev–Trinajstić information content (AvgIpc) is 3.21. The molecular weight excluding hydrogens is 472 g/mol. The number of nitro benzene ring substituents is 1. The molecule has 0 aliphatic rings. The highest BCUT2D eigenvalue weighted by Gasteiger charge is 2.22. The molecule has 11 nitrogen and oxygen atoms in total. The Bertz CT molecular complexity index is 1320. The standard InChI is InChI=1S/C20H18N4O7S2/c1-12(31-19(26)15-8-3-4-9-16(15)23-33(2,29)30)18(25)22-20-21-17(11-32-20)13-6-5-7-14(10-13)24(27)28/h3-12,23H,1-2H3,(H,21,22,25). The fourth-order valence-corrected chi connectivity index (χ4v) is 3.98. The monoisotopic (exact) mass is 490 g/mol. The summed E-state index contributed by atoms with van der Waals surface area (Å²) < 4.78 is 30.4. The van der Waals surface area contributed by atoms with Crippen LogP contribution in [0.3, 0.4) is 0 Å². The lowest BCUT2D eigenvalue weighted by Crippen LogP contribution is -2.30. The van der Waals surface area contributed by atoms with E-state index < -0.39 is 32.9 Å². The Morgan fingerprint density at radius 3 is 2.61 bits per heavy atom. The molecule has 33 heavy (non-hydrogen) atoms. The Kier molecular flexibility index (Phi) is 7.04. The molecule has 1 unspecified atom stereocenters. The minimum atomic E-state index is -3.63. The maximum Gasteiger partial charge on any atom is 0.341 e. The number of non-ortho nitro benzene ring substituents is 1. The predicted octanol–water partition coefficient (Wildman–Crippen LogP) is 3.27. The molecule has 1 atom stereocenters. The number of rotatable bonds is 8. The molecule has 1 heterocycles. The molecule has 0 aliphatic heterocycles. The van der Waals surface area contributed by atoms with Crippen LogP contribution in [0.1, 0.15) is 17.3 Å². The molecule has 0 saturated carbocycles. The summed E-state index contributed by atoms with van der Waals surface area (Å²) in [6, 6.07) is 11.7. The van der Waals surface area contributed by atoms with Crippen molar-refractivity contribution in [1.29, 1.82) is 0 Å². The number of ether oxygens (including phenoxy) is 1. The van der Waals surface area contributed by atoms with Crippen LogP contribution < -0.4 is 10.0 Å². The molecule has 13 heteroatoms. The summed E-state index contributed by atoms with van der Waals surface area (Å²) >= 11 is 1.10. The zero-order chi connectivity index (χ0) is 24.2. The number of esters is 1. The Balaban J connectivity index is 1.67. The number of nitrogens with zero attached hydrogens (tertiary/aromatic N) is 2. The highest BCUT2D eigenvalue weighted by atomic mass is 32.2. The third kappa shape index (κ3) is 6.33. The maximum absolute atomic E-state index is 12.5. The topological polar surface area (TPSA) is 158 Å². The molecule has 0 saturated heterocycles. The normalized spacial score (nSPS) is 11.9. The van der Waals surface area contributed by atoms with E-state index in [4.69, 9.17) is 4.74 Å². The van der Waals surface area contributed by atoms with Crippen LogP contribution in [0, 0.1) is 10.1 Å². The third-order valence-electron chi connectivity index (χ3n) is 4.18. The van der Waals surface area contributed by atoms with Gasteiger partial charge < -0.3 is 4.74 Å². The van der Waals surface area contributed by atoms with E-state index in [1.165, 1.54) is 43.3 Å². The van der Waals surface area contributed by atoms with Gasteiger partial charge in [0.1, 0.15) is 0 Å². The van der Waals surface area contributed by atoms with Crippen LogP contribution in [0.25, 0.3) is 11.3 Å². The molecule has 172 valence electrons. The van der Waals surface area contributed by atoms with Crippen molar-refractivity contribution in [2.75, 3.05) is 16.3 Å². The lowest BCUT2D eigenvalue weighted by Gasteiger charge is -2.14. The lowest BCUT2D eigenvalue weighted by atomic mass is 10.1. The largest absolute Gasteiger partial charge is 0.449 e. The minimum absolute atomic E-state index is 0.0270. The molecule has 3 rings (SSSR count). The van der Waals surface area contributed by atoms with Gasteiger partial charge in [0.25, 0.3) is 11.6 Å². The summed E-state index contributed by atoms with van der Waals surface area (Å²) in [5, 5.41) is 15.3. The highest BCUT2D eigenvalue weighted by Crippen LogP contribution is 2.27. The molecule has 0 spiro atoms. The number of carbonyl (C=O) groups excluding carboxylic acids is 2. The van der Waals surface area contributed by atoms with Crippen molar-refractivity contribution in [2.45, 2.75) is 13.0 Å². The summed E-state index contributed by atoms with van der Waals surface area (Å²) in [5.41, 5.74) is 0.834. The Morgan fingerprint density at radius 1 is 1.18 bits per heavy atom. The Hall–Kier alpha value is -3.84. The summed E-state index contributed by atoms with van der Waals surface area (Å²) in [6.07, 6.45) is -0.268. The number of sulfonamides is 1. The van der Waals surface area contributed by atoms with Gasteiger partial charge in [-0.3, -0.25) is 24.9 Å². The molecule has 0 aliphatic carbocycles. The van der Waals surface area contributed by atoms with Gasteiger partial charge in [0.05, 0.1) is 28.1 Å². The first kappa shape index (κ1) is 23.8. The van der Waals surface area contributed by atoms with E-state index in [1.54, 1.807) is 17.5 Å². The fourth-order valence-electron chi connectivity index (χ4n) is 2.68. The smallest absolute Gasteiger partial charge is 0.341 e. The van der Waals surface area contributed by atoms with Gasteiger partial charge in [0, 0.05) is 23.1 Å². The molecule has 0 radical (unpaired) electrons. The summed E-state index contributed by atoms with van der Waals surface area (Å²) in [6.45, 7) is 1.36. The van der Waals surface area contributed by atoms with Gasteiger partial charge in [0.15, 0.2) is 11.2 Å². The van der Waals surface area contributed by atoms with Gasteiger partial charge in [-0.2, -0.15) is 0 Å². The molecular formula is C20H18N4O7S2. The van der Waals surface area contributed by atoms with Crippen molar-refractivity contribution in [2.24, 2.45) is 0 Å². The van der Waals surface area contributed by atoms with Crippen molar-refractivity contribution in [3.8, 4) is 11.3 Å². The second-order valence-corrected chi connectivity index (χ2v) is 9.41. The second-order valence-electron chi connectivity index (χ2n) is 6.80. The van der Waals surface area contributed by atoms with Crippen molar-refractivity contribution in [3.63, 3.8) is 0 Å². The Labute approximate surface area is 192 Å². The van der Waals surface area contributed by atoms with Gasteiger partial charge >= 0.3 is 5.97 Å². The fraction of sp³-hybridized carbons (Fsp3) is 0.150. The minimum Gasteiger partial charge on any atom is -0.449 e. The van der Waals surface area contributed by atoms with E-state index in [0.717, 1.165) is 17.6 Å². The summed E-state index contributed by atoms with van der Waals surface area (Å²) in [7, 11) is -3.63. The van der Waals surface area contributed by atoms with Crippen LogP contribution in [-0.2, 0) is 19.6 Å². The first-order valence-electron chi connectivity index (χ1n) is 9.32. The predicted molar refractivity (Wildman–Crippen MR) is 123 cm³/mol. The number of hydrogen-bond donors (Lipinski definition) is 2. The first-order chi connectivity index (χ1) is 15.5. The number of carbonyl (C=O) groups is 2. The number of nitrogens with one attached hydrogen (secondary N) is 2. The highest BCUT2D eigenvalue weighted by molar-refractivity contribution is 7.92. The van der Waals surface area contributed by atoms with Crippen LogP contribution in [-0.4, -0.2) is 42.6 Å². The molecule has 2 N–H and O–H groups in total. The maximum atomic E-state index is 12.5. The number of amides is 1. The van der Waals surface area contributed by atoms with Crippen molar-refractivity contribution >= 4 is 49.7 Å². The number of para-hydroxylation sites is 1. The zero-order valence-electron chi connectivity index (χ0n) is 17.3. The van der Waals surface area contributed by atoms with E-state index >= 15 is 0 Å². The van der Waals surface area contributed by atoms with Gasteiger partial charge in [-0.05, 0) is 19.1 Å². The van der Waals surface area contributed by atoms with E-state index in [-0.39, 0.29) is 22.1 Å². The third-order valence-corrected chi connectivity index (χ3v) is 5.53. The van der Waals surface area contributed by atoms with Crippen LogP contribution in [0.4, 0.5) is 16.5 Å². The van der Waals surface area contributed by atoms with E-state index in [2.05, 4.69) is 15.0 Å². The number of hydrogen-bond acceptors (Lipinski definition) is 9. The lowest BCUT2D eigenvalue weighted by molar-refractivity contribution is -0.384. The molecule has 3 aromatic rings. The SMILES string of the molecule is CC(OC(=O)c1ccccc1NS(C)(=O)=O)C(=O)Nc1nc(-c2cccc([N+](=O)[O-])c2)cs1.